The molecule has 29 heavy (non-hydrogen) atoms. The minimum atomic E-state index is -0.331. The molecular formula is C23H21FN4O. The fourth-order valence-corrected chi connectivity index (χ4v) is 3.46. The lowest BCUT2D eigenvalue weighted by atomic mass is 10.0. The fourth-order valence-electron chi connectivity index (χ4n) is 3.46. The van der Waals surface area contributed by atoms with E-state index in [0.717, 1.165) is 22.2 Å². The van der Waals surface area contributed by atoms with Crippen LogP contribution in [0.1, 0.15) is 16.8 Å². The topological polar surface area (TPSA) is 59.8 Å². The van der Waals surface area contributed by atoms with Crippen molar-refractivity contribution in [1.29, 1.82) is 0 Å². The second-order valence-corrected chi connectivity index (χ2v) is 7.17. The fraction of sp³-hybridized carbons (Fsp3) is 0.174. The normalized spacial score (nSPS) is 11.0. The van der Waals surface area contributed by atoms with E-state index in [0.29, 0.717) is 16.9 Å². The summed E-state index contributed by atoms with van der Waals surface area (Å²) in [5, 5.41) is 8.30. The summed E-state index contributed by atoms with van der Waals surface area (Å²) in [7, 11) is 0. The third-order valence-corrected chi connectivity index (χ3v) is 4.93. The predicted octanol–water partition coefficient (Wildman–Crippen LogP) is 4.80. The van der Waals surface area contributed by atoms with E-state index in [9.17, 15) is 9.18 Å². The molecule has 1 N–H and O–H groups in total. The molecule has 2 heterocycles. The number of benzene rings is 2. The van der Waals surface area contributed by atoms with Crippen LogP contribution in [0.2, 0.25) is 0 Å². The van der Waals surface area contributed by atoms with Crippen LogP contribution in [-0.4, -0.2) is 20.7 Å². The van der Waals surface area contributed by atoms with Crippen LogP contribution in [0.25, 0.3) is 22.2 Å². The van der Waals surface area contributed by atoms with Gasteiger partial charge in [0.05, 0.1) is 5.69 Å². The van der Waals surface area contributed by atoms with Crippen LogP contribution >= 0.6 is 0 Å². The molecule has 2 aromatic carbocycles. The van der Waals surface area contributed by atoms with E-state index in [1.807, 2.05) is 13.0 Å². The molecule has 0 spiro atoms. The van der Waals surface area contributed by atoms with Gasteiger partial charge in [-0.2, -0.15) is 5.10 Å². The number of amides is 1. The lowest BCUT2D eigenvalue weighted by Gasteiger charge is -2.09. The summed E-state index contributed by atoms with van der Waals surface area (Å²) < 4.78 is 14.9. The van der Waals surface area contributed by atoms with E-state index in [1.165, 1.54) is 17.7 Å². The summed E-state index contributed by atoms with van der Waals surface area (Å²) in [4.78, 5) is 17.0. The monoisotopic (exact) mass is 388 g/mol. The van der Waals surface area contributed by atoms with Crippen molar-refractivity contribution in [1.82, 2.24) is 14.8 Å². The zero-order chi connectivity index (χ0) is 20.5. The van der Waals surface area contributed by atoms with Gasteiger partial charge in [-0.3, -0.25) is 4.79 Å². The highest BCUT2D eigenvalue weighted by Crippen LogP contribution is 2.30. The Morgan fingerprint density at radius 2 is 1.83 bits per heavy atom. The van der Waals surface area contributed by atoms with Gasteiger partial charge in [0.15, 0.2) is 5.65 Å². The molecule has 0 fully saturated rings. The Morgan fingerprint density at radius 3 is 2.55 bits per heavy atom. The number of halogens is 1. The molecule has 0 saturated heterocycles. The average molecular weight is 388 g/mol. The largest absolute Gasteiger partial charge is 0.324 e. The highest BCUT2D eigenvalue weighted by molar-refractivity contribution is 5.96. The van der Waals surface area contributed by atoms with Crippen LogP contribution in [0.4, 0.5) is 10.1 Å². The Kier molecular flexibility index (Phi) is 4.84. The molecule has 0 saturated carbocycles. The van der Waals surface area contributed by atoms with Crippen molar-refractivity contribution in [2.24, 2.45) is 0 Å². The highest BCUT2D eigenvalue weighted by atomic mass is 19.1. The Labute approximate surface area is 168 Å². The summed E-state index contributed by atoms with van der Waals surface area (Å²) >= 11 is 0. The van der Waals surface area contributed by atoms with Crippen molar-refractivity contribution >= 4 is 22.6 Å². The number of carbonyl (C=O) groups excluding carboxylic acids is 1. The van der Waals surface area contributed by atoms with Gasteiger partial charge in [-0.05, 0) is 61.7 Å². The number of nitrogens with zero attached hydrogens (tertiary/aromatic N) is 3. The van der Waals surface area contributed by atoms with Crippen LogP contribution in [0.3, 0.4) is 0 Å². The van der Waals surface area contributed by atoms with Gasteiger partial charge in [-0.25, -0.2) is 14.1 Å². The van der Waals surface area contributed by atoms with E-state index in [4.69, 9.17) is 0 Å². The minimum absolute atomic E-state index is 0.0194. The Hall–Kier alpha value is -3.54. The van der Waals surface area contributed by atoms with E-state index >= 15 is 0 Å². The molecule has 4 aromatic rings. The SMILES string of the molecule is Cc1ccc(-c2ccnc3c2c(C)nn3CC(=O)Nc2ccc(F)cc2C)cc1. The summed E-state index contributed by atoms with van der Waals surface area (Å²) in [6, 6.07) is 14.5. The van der Waals surface area contributed by atoms with Gasteiger partial charge in [0.1, 0.15) is 12.4 Å². The lowest BCUT2D eigenvalue weighted by Crippen LogP contribution is -2.20. The van der Waals surface area contributed by atoms with Crippen molar-refractivity contribution in [3.63, 3.8) is 0 Å². The molecule has 5 nitrogen and oxygen atoms in total. The summed E-state index contributed by atoms with van der Waals surface area (Å²) in [6.45, 7) is 5.74. The third kappa shape index (κ3) is 3.74. The third-order valence-electron chi connectivity index (χ3n) is 4.93. The first-order chi connectivity index (χ1) is 13.9. The molecule has 0 atom stereocenters. The molecule has 6 heteroatoms. The molecule has 0 aliphatic heterocycles. The van der Waals surface area contributed by atoms with E-state index < -0.39 is 0 Å². The average Bonchev–Trinajstić information content (AvgIpc) is 3.00. The number of nitrogens with one attached hydrogen (secondary N) is 1. The number of pyridine rings is 1. The van der Waals surface area contributed by atoms with Crippen LogP contribution in [0, 0.1) is 26.6 Å². The van der Waals surface area contributed by atoms with E-state index in [-0.39, 0.29) is 18.3 Å². The van der Waals surface area contributed by atoms with E-state index in [1.54, 1.807) is 23.9 Å². The van der Waals surface area contributed by atoms with Crippen molar-refractivity contribution in [3.05, 3.63) is 77.4 Å². The van der Waals surface area contributed by atoms with Crippen molar-refractivity contribution in [2.45, 2.75) is 27.3 Å². The van der Waals surface area contributed by atoms with Crippen LogP contribution in [0.5, 0.6) is 0 Å². The predicted molar refractivity (Wildman–Crippen MR) is 112 cm³/mol. The molecule has 0 radical (unpaired) electrons. The molecule has 0 bridgehead atoms. The number of rotatable bonds is 4. The van der Waals surface area contributed by atoms with Crippen LogP contribution in [0.15, 0.2) is 54.7 Å². The van der Waals surface area contributed by atoms with Crippen molar-refractivity contribution in [2.75, 3.05) is 5.32 Å². The second-order valence-electron chi connectivity index (χ2n) is 7.17. The van der Waals surface area contributed by atoms with Gasteiger partial charge >= 0.3 is 0 Å². The first-order valence-corrected chi connectivity index (χ1v) is 9.37. The highest BCUT2D eigenvalue weighted by Gasteiger charge is 2.16. The molecule has 146 valence electrons. The Bertz CT molecular complexity index is 1210. The summed E-state index contributed by atoms with van der Waals surface area (Å²) in [5.74, 6) is -0.575. The standard InChI is InChI=1S/C23H21FN4O/c1-14-4-6-17(7-5-14)19-10-11-25-23-22(19)16(3)27-28(23)13-21(29)26-20-9-8-18(24)12-15(20)2/h4-12H,13H2,1-3H3,(H,26,29). The maximum atomic E-state index is 13.3. The smallest absolute Gasteiger partial charge is 0.246 e. The number of aryl methyl sites for hydroxylation is 3. The number of hydrogen-bond acceptors (Lipinski definition) is 3. The molecule has 4 rings (SSSR count). The van der Waals surface area contributed by atoms with Gasteiger partial charge in [0.2, 0.25) is 5.91 Å². The minimum Gasteiger partial charge on any atom is -0.324 e. The number of carbonyl (C=O) groups is 1. The van der Waals surface area contributed by atoms with Gasteiger partial charge < -0.3 is 5.32 Å². The van der Waals surface area contributed by atoms with Gasteiger partial charge in [0.25, 0.3) is 0 Å². The lowest BCUT2D eigenvalue weighted by molar-refractivity contribution is -0.116. The van der Waals surface area contributed by atoms with Crippen molar-refractivity contribution < 1.29 is 9.18 Å². The number of anilines is 1. The molecule has 0 aliphatic rings. The molecule has 2 aromatic heterocycles. The van der Waals surface area contributed by atoms with Crippen LogP contribution < -0.4 is 5.32 Å². The van der Waals surface area contributed by atoms with Gasteiger partial charge in [0, 0.05) is 17.3 Å². The summed E-state index contributed by atoms with van der Waals surface area (Å²) in [6.07, 6.45) is 1.73. The van der Waals surface area contributed by atoms with Crippen LogP contribution in [-0.2, 0) is 11.3 Å². The maximum absolute atomic E-state index is 13.3. The quantitative estimate of drug-likeness (QED) is 0.546. The molecule has 1 amide bonds. The number of aromatic nitrogens is 3. The second kappa shape index (κ2) is 7.47. The van der Waals surface area contributed by atoms with Gasteiger partial charge in [-0.1, -0.05) is 29.8 Å². The number of fused-ring (bicyclic) bond motifs is 1. The first kappa shape index (κ1) is 18.8. The molecule has 0 unspecified atom stereocenters. The van der Waals surface area contributed by atoms with E-state index in [2.05, 4.69) is 46.6 Å². The molecular weight excluding hydrogens is 367 g/mol. The Balaban J connectivity index is 1.66. The van der Waals surface area contributed by atoms with Crippen molar-refractivity contribution in [3.8, 4) is 11.1 Å². The first-order valence-electron chi connectivity index (χ1n) is 9.37. The van der Waals surface area contributed by atoms with Gasteiger partial charge in [-0.15, -0.1) is 0 Å². The zero-order valence-corrected chi connectivity index (χ0v) is 16.5. The zero-order valence-electron chi connectivity index (χ0n) is 16.5. The maximum Gasteiger partial charge on any atom is 0.246 e. The Morgan fingerprint density at radius 1 is 1.07 bits per heavy atom. The number of hydrogen-bond donors (Lipinski definition) is 1. The molecule has 0 aliphatic carbocycles. The summed E-state index contributed by atoms with van der Waals surface area (Å²) in [5.41, 5.74) is 6.03.